The first-order chi connectivity index (χ1) is 21.9. The van der Waals surface area contributed by atoms with Crippen molar-refractivity contribution in [2.75, 3.05) is 20.6 Å². The fourth-order valence-corrected chi connectivity index (χ4v) is 5.92. The summed E-state index contributed by atoms with van der Waals surface area (Å²) in [4.78, 5) is 53.6. The lowest BCUT2D eigenvalue weighted by Gasteiger charge is -2.31. The summed E-state index contributed by atoms with van der Waals surface area (Å²) in [6.45, 7) is 9.02. The minimum absolute atomic E-state index is 0.114. The number of nitrogens with one attached hydrogen (secondary N) is 2. The van der Waals surface area contributed by atoms with E-state index in [0.29, 0.717) is 43.7 Å². The summed E-state index contributed by atoms with van der Waals surface area (Å²) in [6.07, 6.45) is 8.50. The number of unbranched alkanes of at least 4 members (excludes halogenated alkanes) is 3. The second-order valence-corrected chi connectivity index (χ2v) is 13.2. The Morgan fingerprint density at radius 3 is 2.30 bits per heavy atom. The Labute approximate surface area is 279 Å². The van der Waals surface area contributed by atoms with Gasteiger partial charge in [-0.2, -0.15) is 0 Å². The van der Waals surface area contributed by atoms with Crippen LogP contribution in [0.15, 0.2) is 35.7 Å². The van der Waals surface area contributed by atoms with Gasteiger partial charge in [-0.15, -0.1) is 11.3 Å². The van der Waals surface area contributed by atoms with E-state index in [4.69, 9.17) is 5.73 Å². The number of thiazole rings is 1. The lowest BCUT2D eigenvalue weighted by atomic mass is 9.96. The predicted octanol–water partition coefficient (Wildman–Crippen LogP) is 5.45. The van der Waals surface area contributed by atoms with Gasteiger partial charge in [0.15, 0.2) is 0 Å². The lowest BCUT2D eigenvalue weighted by Crippen LogP contribution is -2.40. The monoisotopic (exact) mass is 659 g/mol. The van der Waals surface area contributed by atoms with Gasteiger partial charge in [0.25, 0.3) is 5.91 Å². The highest BCUT2D eigenvalue weighted by atomic mass is 32.1. The molecule has 1 heterocycles. The average Bonchev–Trinajstić information content (AvgIpc) is 3.49. The second kappa shape index (κ2) is 23.1. The Bertz CT molecular complexity index is 1170. The fourth-order valence-electron chi connectivity index (χ4n) is 5.12. The van der Waals surface area contributed by atoms with Crippen molar-refractivity contribution in [2.24, 2.45) is 17.6 Å². The molecule has 11 heteroatoms. The van der Waals surface area contributed by atoms with Crippen molar-refractivity contribution in [3.05, 3.63) is 52.0 Å². The number of aromatic nitrogens is 1. The highest BCUT2D eigenvalue weighted by molar-refractivity contribution is 7.09. The summed E-state index contributed by atoms with van der Waals surface area (Å²) in [7, 11) is 3.81. The molecule has 0 bridgehead atoms. The fraction of sp³-hybridized carbons (Fsp3) is 0.629. The van der Waals surface area contributed by atoms with Crippen LogP contribution in [0.25, 0.3) is 0 Å². The summed E-state index contributed by atoms with van der Waals surface area (Å²) in [5, 5.41) is 18.0. The van der Waals surface area contributed by atoms with E-state index in [-0.39, 0.29) is 29.8 Å². The number of carbonyl (C=O) groups excluding carboxylic acids is 3. The molecule has 0 saturated heterocycles. The minimum Gasteiger partial charge on any atom is -0.481 e. The smallest absolute Gasteiger partial charge is 0.306 e. The Balaban J connectivity index is 0.000000908. The van der Waals surface area contributed by atoms with Gasteiger partial charge in [-0.05, 0) is 63.6 Å². The molecule has 258 valence electrons. The number of hydrogen-bond acceptors (Lipinski definition) is 7. The molecule has 3 amide bonds. The zero-order valence-electron chi connectivity index (χ0n) is 28.7. The third-order valence-corrected chi connectivity index (χ3v) is 8.82. The van der Waals surface area contributed by atoms with Crippen molar-refractivity contribution in [2.45, 2.75) is 110 Å². The zero-order valence-corrected chi connectivity index (χ0v) is 29.5. The molecule has 0 spiro atoms. The first kappa shape index (κ1) is 40.7. The van der Waals surface area contributed by atoms with Crippen LogP contribution in [0, 0.1) is 11.8 Å². The molecule has 2 aromatic rings. The molecule has 3 unspecified atom stereocenters. The largest absolute Gasteiger partial charge is 0.481 e. The van der Waals surface area contributed by atoms with Crippen molar-refractivity contribution in [3.63, 3.8) is 0 Å². The number of aryl methyl sites for hydroxylation is 1. The number of carboxylic acids is 1. The van der Waals surface area contributed by atoms with E-state index in [9.17, 15) is 24.3 Å². The molecule has 0 saturated carbocycles. The van der Waals surface area contributed by atoms with Gasteiger partial charge >= 0.3 is 5.97 Å². The average molecular weight is 660 g/mol. The molecule has 5 N–H and O–H groups in total. The number of benzene rings is 1. The summed E-state index contributed by atoms with van der Waals surface area (Å²) < 4.78 is 0. The van der Waals surface area contributed by atoms with Crippen LogP contribution in [-0.4, -0.2) is 71.4 Å². The Morgan fingerprint density at radius 2 is 1.72 bits per heavy atom. The van der Waals surface area contributed by atoms with Crippen LogP contribution in [0.3, 0.4) is 0 Å². The van der Waals surface area contributed by atoms with Crippen molar-refractivity contribution in [1.29, 1.82) is 0 Å². The van der Waals surface area contributed by atoms with Crippen LogP contribution in [0.4, 0.5) is 0 Å². The third kappa shape index (κ3) is 16.8. The van der Waals surface area contributed by atoms with E-state index in [0.717, 1.165) is 55.6 Å². The maximum absolute atomic E-state index is 13.0. The Morgan fingerprint density at radius 1 is 1.02 bits per heavy atom. The van der Waals surface area contributed by atoms with E-state index in [1.165, 1.54) is 11.3 Å². The highest BCUT2D eigenvalue weighted by Gasteiger charge is 2.24. The van der Waals surface area contributed by atoms with Gasteiger partial charge < -0.3 is 26.4 Å². The van der Waals surface area contributed by atoms with E-state index in [1.54, 1.807) is 12.3 Å². The number of carbonyl (C=O) groups is 4. The number of primary amides is 1. The molecule has 10 nitrogen and oxygen atoms in total. The number of nitrogens with zero attached hydrogens (tertiary/aromatic N) is 2. The summed E-state index contributed by atoms with van der Waals surface area (Å²) in [5.74, 6) is -1.44. The normalized spacial score (nSPS) is 12.8. The third-order valence-electron chi connectivity index (χ3n) is 7.91. The van der Waals surface area contributed by atoms with Gasteiger partial charge in [-0.3, -0.25) is 19.2 Å². The van der Waals surface area contributed by atoms with E-state index in [2.05, 4.69) is 36.4 Å². The van der Waals surface area contributed by atoms with Crippen LogP contribution >= 0.6 is 11.3 Å². The molecule has 0 aliphatic carbocycles. The summed E-state index contributed by atoms with van der Waals surface area (Å²) in [5.41, 5.74) is 6.34. The van der Waals surface area contributed by atoms with Crippen molar-refractivity contribution < 1.29 is 24.3 Å². The molecule has 1 aromatic heterocycles. The summed E-state index contributed by atoms with van der Waals surface area (Å²) in [6, 6.07) is 9.53. The van der Waals surface area contributed by atoms with Gasteiger partial charge in [0.2, 0.25) is 11.8 Å². The Kier molecular flexibility index (Phi) is 20.4. The molecular formula is C35H57N5O5S. The number of carboxylic acid groups (broad SMARTS) is 1. The van der Waals surface area contributed by atoms with Crippen molar-refractivity contribution >= 4 is 35.0 Å². The molecule has 46 heavy (non-hydrogen) atoms. The second-order valence-electron chi connectivity index (χ2n) is 12.3. The topological polar surface area (TPSA) is 155 Å². The highest BCUT2D eigenvalue weighted by Crippen LogP contribution is 2.20. The van der Waals surface area contributed by atoms with Crippen molar-refractivity contribution in [1.82, 2.24) is 20.5 Å². The van der Waals surface area contributed by atoms with Gasteiger partial charge in [0.1, 0.15) is 5.69 Å². The maximum atomic E-state index is 13.0. The van der Waals surface area contributed by atoms with Crippen molar-refractivity contribution in [3.8, 4) is 0 Å². The van der Waals surface area contributed by atoms with Gasteiger partial charge in [0.05, 0.1) is 10.9 Å². The van der Waals surface area contributed by atoms with Crippen LogP contribution in [0.5, 0.6) is 0 Å². The number of aliphatic carboxylic acids is 1. The predicted molar refractivity (Wildman–Crippen MR) is 186 cm³/mol. The summed E-state index contributed by atoms with van der Waals surface area (Å²) >= 11 is 1.45. The minimum atomic E-state index is -0.879. The van der Waals surface area contributed by atoms with Crippen LogP contribution in [0.2, 0.25) is 0 Å². The number of rotatable bonds is 21. The number of amides is 3. The molecule has 2 rings (SSSR count). The van der Waals surface area contributed by atoms with Crippen LogP contribution in [-0.2, 0) is 27.2 Å². The first-order valence-electron chi connectivity index (χ1n) is 16.6. The molecule has 3 atom stereocenters. The maximum Gasteiger partial charge on any atom is 0.306 e. The standard InChI is InChI=1S/C28H41N3O4S.C7H16N2O/c1-6-7-13-26(32)31(5)24(19(2)3)14-15-25-30-23(18-36-25)27(33)29-22(16-20(4)28(34)35)17-21-11-9-8-10-12-21;1-9-6-4-2-3-5-7(8)10/h8-12,18-20,22,24H,6-7,13-17H2,1-5H3,(H,29,33)(H,34,35);9H,2-6H2,1H3,(H2,8,10). The van der Waals surface area contributed by atoms with Gasteiger partial charge in [-0.1, -0.05) is 70.9 Å². The number of nitrogens with two attached hydrogens (primary N) is 1. The molecule has 1 aromatic carbocycles. The molecule has 0 fully saturated rings. The van der Waals surface area contributed by atoms with Gasteiger partial charge in [-0.25, -0.2) is 4.98 Å². The van der Waals surface area contributed by atoms with Crippen LogP contribution < -0.4 is 16.4 Å². The Hall–Kier alpha value is -3.31. The number of hydrogen-bond donors (Lipinski definition) is 4. The SMILES string of the molecule is CCCCC(=O)N(C)C(CCc1nc(C(=O)NC(Cc2ccccc2)CC(C)C(=O)O)cs1)C(C)C.CNCCCCCC(N)=O. The van der Waals surface area contributed by atoms with E-state index < -0.39 is 11.9 Å². The van der Waals surface area contributed by atoms with Crippen LogP contribution in [0.1, 0.15) is 107 Å². The zero-order chi connectivity index (χ0) is 34.5. The van der Waals surface area contributed by atoms with E-state index in [1.807, 2.05) is 49.3 Å². The van der Waals surface area contributed by atoms with Gasteiger partial charge in [0, 0.05) is 43.8 Å². The molecule has 0 radical (unpaired) electrons. The lowest BCUT2D eigenvalue weighted by molar-refractivity contribution is -0.141. The molecule has 0 aliphatic heterocycles. The van der Waals surface area contributed by atoms with E-state index >= 15 is 0 Å². The molecule has 0 aliphatic rings. The quantitative estimate of drug-likeness (QED) is 0.130. The molecular weight excluding hydrogens is 602 g/mol. The first-order valence-corrected chi connectivity index (χ1v) is 17.5.